The summed E-state index contributed by atoms with van der Waals surface area (Å²) in [6, 6.07) is 13.3. The Bertz CT molecular complexity index is 886. The molecule has 0 saturated carbocycles. The summed E-state index contributed by atoms with van der Waals surface area (Å²) < 4.78 is 5.32. The molecular weight excluding hydrogens is 503 g/mol. The van der Waals surface area contributed by atoms with Crippen molar-refractivity contribution in [3.8, 4) is 11.4 Å². The first kappa shape index (κ1) is 23.1. The van der Waals surface area contributed by atoms with Crippen molar-refractivity contribution in [2.75, 3.05) is 19.6 Å². The number of pyridine rings is 1. The minimum absolute atomic E-state index is 0. The van der Waals surface area contributed by atoms with Gasteiger partial charge in [0.2, 0.25) is 11.7 Å². The zero-order valence-electron chi connectivity index (χ0n) is 16.1. The molecule has 0 amide bonds. The highest BCUT2D eigenvalue weighted by Gasteiger charge is 2.08. The normalized spacial score (nSPS) is 11.0. The van der Waals surface area contributed by atoms with E-state index in [-0.39, 0.29) is 24.0 Å². The average Bonchev–Trinajstić information content (AvgIpc) is 3.18. The van der Waals surface area contributed by atoms with E-state index in [0.29, 0.717) is 29.7 Å². The summed E-state index contributed by atoms with van der Waals surface area (Å²) >= 11 is 5.90. The predicted octanol–water partition coefficient (Wildman–Crippen LogP) is 3.74. The SMILES string of the molecule is CCNC(=NCCc1nc(-c2ccc(Cl)cc2)no1)NCCc1ccccn1.I. The monoisotopic (exact) mass is 526 g/mol. The number of hydrogen-bond donors (Lipinski definition) is 2. The molecule has 2 heterocycles. The Morgan fingerprint density at radius 2 is 1.93 bits per heavy atom. The molecule has 1 aromatic carbocycles. The van der Waals surface area contributed by atoms with Gasteiger partial charge in [0, 0.05) is 48.4 Å². The number of hydrogen-bond acceptors (Lipinski definition) is 5. The van der Waals surface area contributed by atoms with Gasteiger partial charge in [-0.25, -0.2) is 0 Å². The van der Waals surface area contributed by atoms with Crippen molar-refractivity contribution in [3.05, 3.63) is 65.3 Å². The fourth-order valence-electron chi connectivity index (χ4n) is 2.53. The van der Waals surface area contributed by atoms with Crippen LogP contribution in [0.3, 0.4) is 0 Å². The van der Waals surface area contributed by atoms with Gasteiger partial charge in [0.15, 0.2) is 5.96 Å². The van der Waals surface area contributed by atoms with E-state index in [2.05, 4.69) is 30.8 Å². The largest absolute Gasteiger partial charge is 0.357 e. The second kappa shape index (κ2) is 12.4. The first-order valence-electron chi connectivity index (χ1n) is 9.25. The molecule has 0 bridgehead atoms. The lowest BCUT2D eigenvalue weighted by Gasteiger charge is -2.10. The molecule has 9 heteroatoms. The van der Waals surface area contributed by atoms with Crippen LogP contribution >= 0.6 is 35.6 Å². The number of halogens is 2. The van der Waals surface area contributed by atoms with Crippen molar-refractivity contribution in [2.24, 2.45) is 4.99 Å². The van der Waals surface area contributed by atoms with E-state index >= 15 is 0 Å². The second-order valence-electron chi connectivity index (χ2n) is 6.03. The van der Waals surface area contributed by atoms with Crippen LogP contribution in [-0.4, -0.2) is 40.7 Å². The Kier molecular flexibility index (Phi) is 9.85. The molecule has 0 atom stereocenters. The van der Waals surface area contributed by atoms with Crippen molar-refractivity contribution in [1.82, 2.24) is 25.8 Å². The number of guanidine groups is 1. The van der Waals surface area contributed by atoms with Crippen LogP contribution in [0.25, 0.3) is 11.4 Å². The van der Waals surface area contributed by atoms with Crippen LogP contribution < -0.4 is 10.6 Å². The van der Waals surface area contributed by atoms with Crippen LogP contribution in [0.5, 0.6) is 0 Å². The van der Waals surface area contributed by atoms with Gasteiger partial charge in [-0.1, -0.05) is 22.8 Å². The first-order chi connectivity index (χ1) is 13.7. The molecule has 0 spiro atoms. The highest BCUT2D eigenvalue weighted by molar-refractivity contribution is 14.0. The molecule has 0 aliphatic heterocycles. The molecule has 0 radical (unpaired) electrons. The second-order valence-corrected chi connectivity index (χ2v) is 6.46. The van der Waals surface area contributed by atoms with Crippen molar-refractivity contribution >= 4 is 41.5 Å². The number of benzene rings is 1. The van der Waals surface area contributed by atoms with Gasteiger partial charge in [-0.3, -0.25) is 9.98 Å². The molecule has 0 saturated heterocycles. The summed E-state index contributed by atoms with van der Waals surface area (Å²) in [5, 5.41) is 11.2. The number of nitrogens with one attached hydrogen (secondary N) is 2. The molecule has 3 aromatic rings. The molecule has 29 heavy (non-hydrogen) atoms. The van der Waals surface area contributed by atoms with Crippen LogP contribution in [0.1, 0.15) is 18.5 Å². The van der Waals surface area contributed by atoms with E-state index in [0.717, 1.165) is 36.7 Å². The van der Waals surface area contributed by atoms with Crippen LogP contribution in [0, 0.1) is 0 Å². The smallest absolute Gasteiger partial charge is 0.228 e. The van der Waals surface area contributed by atoms with Crippen LogP contribution in [-0.2, 0) is 12.8 Å². The van der Waals surface area contributed by atoms with Crippen molar-refractivity contribution in [2.45, 2.75) is 19.8 Å². The first-order valence-corrected chi connectivity index (χ1v) is 9.63. The van der Waals surface area contributed by atoms with Crippen LogP contribution in [0.4, 0.5) is 0 Å². The third-order valence-electron chi connectivity index (χ3n) is 3.91. The molecule has 2 aromatic heterocycles. The van der Waals surface area contributed by atoms with Crippen LogP contribution in [0.15, 0.2) is 58.2 Å². The van der Waals surface area contributed by atoms with E-state index in [1.807, 2.05) is 37.3 Å². The Labute approximate surface area is 192 Å². The zero-order valence-corrected chi connectivity index (χ0v) is 19.2. The summed E-state index contributed by atoms with van der Waals surface area (Å²) in [5.74, 6) is 1.87. The maximum Gasteiger partial charge on any atom is 0.228 e. The van der Waals surface area contributed by atoms with Gasteiger partial charge in [-0.05, 0) is 43.3 Å². The average molecular weight is 527 g/mol. The van der Waals surface area contributed by atoms with E-state index in [9.17, 15) is 0 Å². The highest BCUT2D eigenvalue weighted by Crippen LogP contribution is 2.18. The van der Waals surface area contributed by atoms with E-state index in [1.165, 1.54) is 0 Å². The highest BCUT2D eigenvalue weighted by atomic mass is 127. The van der Waals surface area contributed by atoms with Gasteiger partial charge >= 0.3 is 0 Å². The fourth-order valence-corrected chi connectivity index (χ4v) is 2.66. The summed E-state index contributed by atoms with van der Waals surface area (Å²) in [7, 11) is 0. The van der Waals surface area contributed by atoms with E-state index in [4.69, 9.17) is 16.1 Å². The lowest BCUT2D eigenvalue weighted by molar-refractivity contribution is 0.380. The lowest BCUT2D eigenvalue weighted by atomic mass is 10.2. The van der Waals surface area contributed by atoms with Crippen molar-refractivity contribution in [3.63, 3.8) is 0 Å². The molecule has 154 valence electrons. The van der Waals surface area contributed by atoms with E-state index < -0.39 is 0 Å². The Morgan fingerprint density at radius 3 is 2.66 bits per heavy atom. The minimum Gasteiger partial charge on any atom is -0.357 e. The third-order valence-corrected chi connectivity index (χ3v) is 4.16. The molecule has 2 N–H and O–H groups in total. The number of aromatic nitrogens is 3. The molecule has 0 aliphatic carbocycles. The lowest BCUT2D eigenvalue weighted by Crippen LogP contribution is -2.38. The summed E-state index contributed by atoms with van der Waals surface area (Å²) in [6.45, 7) is 4.12. The van der Waals surface area contributed by atoms with Gasteiger partial charge in [-0.2, -0.15) is 4.98 Å². The summed E-state index contributed by atoms with van der Waals surface area (Å²) in [4.78, 5) is 13.3. The van der Waals surface area contributed by atoms with Gasteiger partial charge in [-0.15, -0.1) is 24.0 Å². The predicted molar refractivity (Wildman–Crippen MR) is 126 cm³/mol. The van der Waals surface area contributed by atoms with Gasteiger partial charge in [0.05, 0.1) is 6.54 Å². The molecular formula is C20H24ClIN6O. The molecule has 0 aliphatic rings. The maximum absolute atomic E-state index is 5.90. The fraction of sp³-hybridized carbons (Fsp3) is 0.300. The summed E-state index contributed by atoms with van der Waals surface area (Å²) in [6.07, 6.45) is 3.20. The number of rotatable bonds is 8. The van der Waals surface area contributed by atoms with Crippen molar-refractivity contribution in [1.29, 1.82) is 0 Å². The molecule has 0 unspecified atom stereocenters. The standard InChI is InChI=1S/C20H23ClN6O.HI/c1-2-22-20(24-13-10-17-5-3-4-12-23-17)25-14-11-18-26-19(27-28-18)15-6-8-16(21)9-7-15;/h3-9,12H,2,10-11,13-14H2,1H3,(H2,22,24,25);1H. The Morgan fingerprint density at radius 1 is 1.10 bits per heavy atom. The van der Waals surface area contributed by atoms with Crippen molar-refractivity contribution < 1.29 is 4.52 Å². The number of aliphatic imine (C=N–C) groups is 1. The van der Waals surface area contributed by atoms with E-state index in [1.54, 1.807) is 18.3 Å². The third kappa shape index (κ3) is 7.62. The molecule has 0 fully saturated rings. The Balaban J connectivity index is 0.00000300. The topological polar surface area (TPSA) is 88.2 Å². The van der Waals surface area contributed by atoms with Gasteiger partial charge < -0.3 is 15.2 Å². The Hall–Kier alpha value is -2.20. The number of nitrogens with zero attached hydrogens (tertiary/aromatic N) is 4. The van der Waals surface area contributed by atoms with Gasteiger partial charge in [0.25, 0.3) is 0 Å². The molecule has 3 rings (SSSR count). The molecule has 7 nitrogen and oxygen atoms in total. The quantitative estimate of drug-likeness (QED) is 0.264. The van der Waals surface area contributed by atoms with Gasteiger partial charge in [0.1, 0.15) is 0 Å². The zero-order chi connectivity index (χ0) is 19.6. The maximum atomic E-state index is 5.90. The summed E-state index contributed by atoms with van der Waals surface area (Å²) in [5.41, 5.74) is 1.92. The minimum atomic E-state index is 0. The van der Waals surface area contributed by atoms with Crippen LogP contribution in [0.2, 0.25) is 5.02 Å².